The number of para-hydroxylation sites is 1. The van der Waals surface area contributed by atoms with Crippen LogP contribution in [0.3, 0.4) is 0 Å². The first-order valence-corrected chi connectivity index (χ1v) is 4.81. The molecule has 0 saturated heterocycles. The molecule has 1 N–H and O–H groups in total. The molecule has 0 saturated carbocycles. The monoisotopic (exact) mass is 231 g/mol. The second-order valence-corrected chi connectivity index (χ2v) is 3.36. The number of phenolic OH excluding ortho intramolecular Hbond substituents is 1. The zero-order valence-corrected chi connectivity index (χ0v) is 8.81. The van der Waals surface area contributed by atoms with E-state index in [9.17, 15) is 5.11 Å². The van der Waals surface area contributed by atoms with E-state index in [1.165, 1.54) is 12.3 Å². The smallest absolute Gasteiger partial charge is 0.222 e. The molecule has 0 atom stereocenters. The lowest BCUT2D eigenvalue weighted by Crippen LogP contribution is -1.88. The predicted octanol–water partition coefficient (Wildman–Crippen LogP) is 2.37. The van der Waals surface area contributed by atoms with Gasteiger partial charge in [-0.25, -0.2) is 9.97 Å². The molecule has 0 spiro atoms. The van der Waals surface area contributed by atoms with Gasteiger partial charge in [-0.2, -0.15) is 5.26 Å². The Morgan fingerprint density at radius 1 is 1.31 bits per heavy atom. The normalized spacial score (nSPS) is 9.75. The van der Waals surface area contributed by atoms with Gasteiger partial charge in [-0.3, -0.25) is 0 Å². The summed E-state index contributed by atoms with van der Waals surface area (Å²) in [6.45, 7) is 0. The highest BCUT2D eigenvalue weighted by Crippen LogP contribution is 2.30. The largest absolute Gasteiger partial charge is 0.506 e. The van der Waals surface area contributed by atoms with Crippen LogP contribution in [0.25, 0.3) is 11.3 Å². The number of halogens is 1. The van der Waals surface area contributed by atoms with Crippen LogP contribution in [0.5, 0.6) is 5.75 Å². The second-order valence-electron chi connectivity index (χ2n) is 3.02. The van der Waals surface area contributed by atoms with Crippen LogP contribution in [0.2, 0.25) is 5.28 Å². The van der Waals surface area contributed by atoms with Crippen molar-refractivity contribution in [1.82, 2.24) is 9.97 Å². The zero-order valence-electron chi connectivity index (χ0n) is 8.05. The average molecular weight is 232 g/mol. The van der Waals surface area contributed by atoms with Gasteiger partial charge in [0.15, 0.2) is 0 Å². The molecule has 1 aromatic heterocycles. The molecule has 16 heavy (non-hydrogen) atoms. The third-order valence-electron chi connectivity index (χ3n) is 2.06. The van der Waals surface area contributed by atoms with Gasteiger partial charge in [-0.1, -0.05) is 6.07 Å². The minimum atomic E-state index is -0.0974. The van der Waals surface area contributed by atoms with Gasteiger partial charge in [0.25, 0.3) is 0 Å². The van der Waals surface area contributed by atoms with Crippen LogP contribution in [0.15, 0.2) is 30.5 Å². The van der Waals surface area contributed by atoms with E-state index in [1.807, 2.05) is 6.07 Å². The van der Waals surface area contributed by atoms with E-state index in [1.54, 1.807) is 18.2 Å². The average Bonchev–Trinajstić information content (AvgIpc) is 2.29. The summed E-state index contributed by atoms with van der Waals surface area (Å²) in [4.78, 5) is 7.71. The van der Waals surface area contributed by atoms with E-state index in [0.717, 1.165) is 0 Å². The minimum Gasteiger partial charge on any atom is -0.506 e. The first kappa shape index (κ1) is 10.4. The van der Waals surface area contributed by atoms with Gasteiger partial charge in [0.05, 0.1) is 11.3 Å². The maximum Gasteiger partial charge on any atom is 0.222 e. The summed E-state index contributed by atoms with van der Waals surface area (Å²) in [5.41, 5.74) is 1.14. The molecular formula is C11H6ClN3O. The van der Waals surface area contributed by atoms with E-state index in [4.69, 9.17) is 16.9 Å². The highest BCUT2D eigenvalue weighted by atomic mass is 35.5. The first-order chi connectivity index (χ1) is 7.72. The Kier molecular flexibility index (Phi) is 2.71. The maximum atomic E-state index is 9.81. The molecule has 0 aliphatic carbocycles. The van der Waals surface area contributed by atoms with Gasteiger partial charge in [0.1, 0.15) is 11.8 Å². The van der Waals surface area contributed by atoms with E-state index in [0.29, 0.717) is 11.3 Å². The number of hydrogen-bond acceptors (Lipinski definition) is 4. The molecule has 0 unspecified atom stereocenters. The third kappa shape index (κ3) is 1.81. The molecule has 0 radical (unpaired) electrons. The van der Waals surface area contributed by atoms with Gasteiger partial charge < -0.3 is 5.11 Å². The quantitative estimate of drug-likeness (QED) is 0.765. The lowest BCUT2D eigenvalue weighted by atomic mass is 10.1. The highest BCUT2D eigenvalue weighted by Gasteiger charge is 2.09. The lowest BCUT2D eigenvalue weighted by molar-refractivity contribution is 0.475. The molecule has 2 aromatic rings. The van der Waals surface area contributed by atoms with Crippen LogP contribution in [0, 0.1) is 11.3 Å². The number of aromatic hydroxyl groups is 1. The number of hydrogen-bond donors (Lipinski definition) is 1. The SMILES string of the molecule is N#Cc1cccc(-c2ccnc(Cl)n2)c1O. The van der Waals surface area contributed by atoms with E-state index >= 15 is 0 Å². The van der Waals surface area contributed by atoms with Crippen molar-refractivity contribution in [2.45, 2.75) is 0 Å². The Hall–Kier alpha value is -2.12. The van der Waals surface area contributed by atoms with Gasteiger partial charge in [-0.05, 0) is 29.8 Å². The number of benzene rings is 1. The van der Waals surface area contributed by atoms with Crippen LogP contribution >= 0.6 is 11.6 Å². The molecule has 0 aliphatic heterocycles. The van der Waals surface area contributed by atoms with Gasteiger partial charge >= 0.3 is 0 Å². The van der Waals surface area contributed by atoms with E-state index in [2.05, 4.69) is 9.97 Å². The second kappa shape index (κ2) is 4.17. The summed E-state index contributed by atoms with van der Waals surface area (Å²) in [6, 6.07) is 8.37. The summed E-state index contributed by atoms with van der Waals surface area (Å²) in [5.74, 6) is -0.0974. The molecule has 78 valence electrons. The van der Waals surface area contributed by atoms with Crippen molar-refractivity contribution in [3.63, 3.8) is 0 Å². The molecule has 2 rings (SSSR count). The van der Waals surface area contributed by atoms with Crippen molar-refractivity contribution < 1.29 is 5.11 Å². The molecule has 4 nitrogen and oxygen atoms in total. The van der Waals surface area contributed by atoms with E-state index < -0.39 is 0 Å². The van der Waals surface area contributed by atoms with Crippen LogP contribution in [-0.2, 0) is 0 Å². The number of aromatic nitrogens is 2. The fourth-order valence-electron chi connectivity index (χ4n) is 1.33. The van der Waals surface area contributed by atoms with Crippen LogP contribution in [-0.4, -0.2) is 15.1 Å². The number of nitriles is 1. The fraction of sp³-hybridized carbons (Fsp3) is 0. The Bertz CT molecular complexity index is 578. The fourth-order valence-corrected chi connectivity index (χ4v) is 1.47. The predicted molar refractivity (Wildman–Crippen MR) is 58.9 cm³/mol. The number of phenols is 1. The molecule has 5 heteroatoms. The third-order valence-corrected chi connectivity index (χ3v) is 2.24. The van der Waals surface area contributed by atoms with Crippen LogP contribution < -0.4 is 0 Å². The zero-order chi connectivity index (χ0) is 11.5. The van der Waals surface area contributed by atoms with Crippen LogP contribution in [0.4, 0.5) is 0 Å². The Morgan fingerprint density at radius 3 is 2.81 bits per heavy atom. The Morgan fingerprint density at radius 2 is 2.12 bits per heavy atom. The van der Waals surface area contributed by atoms with Crippen molar-refractivity contribution in [2.75, 3.05) is 0 Å². The summed E-state index contributed by atoms with van der Waals surface area (Å²) in [5, 5.41) is 18.7. The number of nitrogens with zero attached hydrogens (tertiary/aromatic N) is 3. The molecule has 0 amide bonds. The molecule has 1 heterocycles. The Balaban J connectivity index is 2.62. The summed E-state index contributed by atoms with van der Waals surface area (Å²) in [7, 11) is 0. The van der Waals surface area contributed by atoms with Crippen molar-refractivity contribution >= 4 is 11.6 Å². The van der Waals surface area contributed by atoms with E-state index in [-0.39, 0.29) is 16.6 Å². The summed E-state index contributed by atoms with van der Waals surface area (Å²) < 4.78 is 0. The summed E-state index contributed by atoms with van der Waals surface area (Å²) >= 11 is 5.65. The van der Waals surface area contributed by atoms with Crippen molar-refractivity contribution in [3.8, 4) is 23.1 Å². The first-order valence-electron chi connectivity index (χ1n) is 4.43. The Labute approximate surface area is 96.8 Å². The molecule has 0 bridgehead atoms. The van der Waals surface area contributed by atoms with Gasteiger partial charge in [0.2, 0.25) is 5.28 Å². The minimum absolute atomic E-state index is 0.0965. The van der Waals surface area contributed by atoms with Crippen LogP contribution in [0.1, 0.15) is 5.56 Å². The molecule has 0 aliphatic rings. The van der Waals surface area contributed by atoms with Gasteiger partial charge in [-0.15, -0.1) is 0 Å². The summed E-state index contributed by atoms with van der Waals surface area (Å²) in [6.07, 6.45) is 1.49. The topological polar surface area (TPSA) is 69.8 Å². The van der Waals surface area contributed by atoms with Crippen molar-refractivity contribution in [2.24, 2.45) is 0 Å². The van der Waals surface area contributed by atoms with Gasteiger partial charge in [0, 0.05) is 11.8 Å². The lowest BCUT2D eigenvalue weighted by Gasteiger charge is -2.04. The number of rotatable bonds is 1. The molecule has 1 aromatic carbocycles. The highest BCUT2D eigenvalue weighted by molar-refractivity contribution is 6.28. The molecule has 0 fully saturated rings. The standard InChI is InChI=1S/C11H6ClN3O/c12-11-14-5-4-9(15-11)8-3-1-2-7(6-13)10(8)16/h1-5,16H. The maximum absolute atomic E-state index is 9.81. The molecular weight excluding hydrogens is 226 g/mol. The van der Waals surface area contributed by atoms with Crippen molar-refractivity contribution in [1.29, 1.82) is 5.26 Å². The van der Waals surface area contributed by atoms with Crippen molar-refractivity contribution in [3.05, 3.63) is 41.3 Å².